The molecule has 0 saturated heterocycles. The molecule has 0 unspecified atom stereocenters. The van der Waals surface area contributed by atoms with Gasteiger partial charge in [-0.25, -0.2) is 0 Å². The molecule has 0 aliphatic rings. The van der Waals surface area contributed by atoms with Gasteiger partial charge in [-0.1, -0.05) is 29.8 Å². The monoisotopic (exact) mass is 275 g/mol. The normalized spacial score (nSPS) is 10.5. The summed E-state index contributed by atoms with van der Waals surface area (Å²) in [6.45, 7) is 5.16. The number of hydrogen-bond donors (Lipinski definition) is 1. The Kier molecular flexibility index (Phi) is 4.46. The van der Waals surface area contributed by atoms with Crippen LogP contribution in [0.3, 0.4) is 0 Å². The highest BCUT2D eigenvalue weighted by molar-refractivity contribution is 6.30. The van der Waals surface area contributed by atoms with Gasteiger partial charge in [0, 0.05) is 17.1 Å². The SMILES string of the molecule is Cc1ccc(COc2ccc(Cl)cc2CN)cc1C. The standard InChI is InChI=1S/C16H18ClNO/c1-11-3-4-13(7-12(11)2)10-19-16-6-5-15(17)8-14(16)9-18/h3-8H,9-10,18H2,1-2H3. The van der Waals surface area contributed by atoms with Crippen molar-refractivity contribution in [2.75, 3.05) is 0 Å². The van der Waals surface area contributed by atoms with Crippen LogP contribution in [0.5, 0.6) is 5.75 Å². The minimum atomic E-state index is 0.419. The van der Waals surface area contributed by atoms with Crippen molar-refractivity contribution in [3.8, 4) is 5.75 Å². The number of halogens is 1. The molecule has 2 N–H and O–H groups in total. The van der Waals surface area contributed by atoms with Crippen molar-refractivity contribution in [1.29, 1.82) is 0 Å². The molecular weight excluding hydrogens is 258 g/mol. The van der Waals surface area contributed by atoms with Crippen LogP contribution < -0.4 is 10.5 Å². The van der Waals surface area contributed by atoms with Gasteiger partial charge in [-0.3, -0.25) is 0 Å². The summed E-state index contributed by atoms with van der Waals surface area (Å²) >= 11 is 5.94. The molecule has 0 radical (unpaired) electrons. The Balaban J connectivity index is 2.12. The van der Waals surface area contributed by atoms with Crippen LogP contribution in [-0.2, 0) is 13.2 Å². The average Bonchev–Trinajstić information content (AvgIpc) is 2.41. The predicted octanol–water partition coefficient (Wildman–Crippen LogP) is 3.99. The van der Waals surface area contributed by atoms with Gasteiger partial charge in [-0.15, -0.1) is 0 Å². The molecule has 2 aromatic carbocycles. The molecule has 0 saturated carbocycles. The quantitative estimate of drug-likeness (QED) is 0.915. The topological polar surface area (TPSA) is 35.2 Å². The molecule has 0 aliphatic heterocycles. The first kappa shape index (κ1) is 13.9. The second-order valence-corrected chi connectivity index (χ2v) is 5.10. The van der Waals surface area contributed by atoms with Gasteiger partial charge in [-0.2, -0.15) is 0 Å². The summed E-state index contributed by atoms with van der Waals surface area (Å²) in [5.41, 5.74) is 10.3. The molecule has 0 heterocycles. The first-order valence-corrected chi connectivity index (χ1v) is 6.65. The Morgan fingerprint density at radius 3 is 2.53 bits per heavy atom. The molecular formula is C16H18ClNO. The zero-order chi connectivity index (χ0) is 13.8. The van der Waals surface area contributed by atoms with Gasteiger partial charge in [0.2, 0.25) is 0 Å². The Morgan fingerprint density at radius 2 is 1.84 bits per heavy atom. The minimum absolute atomic E-state index is 0.419. The number of nitrogens with two attached hydrogens (primary N) is 1. The Hall–Kier alpha value is -1.51. The number of rotatable bonds is 4. The van der Waals surface area contributed by atoms with Gasteiger partial charge >= 0.3 is 0 Å². The third kappa shape index (κ3) is 3.49. The molecule has 0 aliphatic carbocycles. The van der Waals surface area contributed by atoms with Crippen LogP contribution >= 0.6 is 11.6 Å². The molecule has 0 fully saturated rings. The fraction of sp³-hybridized carbons (Fsp3) is 0.250. The third-order valence-electron chi connectivity index (χ3n) is 3.21. The maximum atomic E-state index is 5.94. The summed E-state index contributed by atoms with van der Waals surface area (Å²) < 4.78 is 5.83. The van der Waals surface area contributed by atoms with Crippen LogP contribution in [-0.4, -0.2) is 0 Å². The predicted molar refractivity (Wildman–Crippen MR) is 79.6 cm³/mol. The van der Waals surface area contributed by atoms with Gasteiger partial charge in [0.05, 0.1) is 0 Å². The van der Waals surface area contributed by atoms with E-state index in [2.05, 4.69) is 32.0 Å². The number of benzene rings is 2. The van der Waals surface area contributed by atoms with E-state index in [0.717, 1.165) is 16.9 Å². The van der Waals surface area contributed by atoms with Crippen molar-refractivity contribution >= 4 is 11.6 Å². The highest BCUT2D eigenvalue weighted by Gasteiger charge is 2.04. The smallest absolute Gasteiger partial charge is 0.124 e. The maximum absolute atomic E-state index is 5.94. The third-order valence-corrected chi connectivity index (χ3v) is 3.44. The van der Waals surface area contributed by atoms with Crippen molar-refractivity contribution in [3.05, 3.63) is 63.7 Å². The molecule has 100 valence electrons. The largest absolute Gasteiger partial charge is 0.489 e. The lowest BCUT2D eigenvalue weighted by molar-refractivity contribution is 0.303. The van der Waals surface area contributed by atoms with Crippen molar-refractivity contribution in [2.24, 2.45) is 5.73 Å². The fourth-order valence-corrected chi connectivity index (χ4v) is 2.10. The van der Waals surface area contributed by atoms with Crippen LogP contribution in [0.1, 0.15) is 22.3 Å². The minimum Gasteiger partial charge on any atom is -0.489 e. The van der Waals surface area contributed by atoms with E-state index in [9.17, 15) is 0 Å². The number of hydrogen-bond acceptors (Lipinski definition) is 2. The summed E-state index contributed by atoms with van der Waals surface area (Å²) in [4.78, 5) is 0. The first-order chi connectivity index (χ1) is 9.10. The van der Waals surface area contributed by atoms with Crippen molar-refractivity contribution < 1.29 is 4.74 Å². The van der Waals surface area contributed by atoms with E-state index in [1.54, 1.807) is 0 Å². The zero-order valence-electron chi connectivity index (χ0n) is 11.2. The summed E-state index contributed by atoms with van der Waals surface area (Å²) in [7, 11) is 0. The molecule has 2 aromatic rings. The molecule has 2 rings (SSSR count). The van der Waals surface area contributed by atoms with Crippen LogP contribution in [0.15, 0.2) is 36.4 Å². The Bertz CT molecular complexity index is 581. The van der Waals surface area contributed by atoms with Gasteiger partial charge in [0.25, 0.3) is 0 Å². The summed E-state index contributed by atoms with van der Waals surface area (Å²) in [5.74, 6) is 0.796. The molecule has 0 spiro atoms. The summed E-state index contributed by atoms with van der Waals surface area (Å²) in [6.07, 6.45) is 0. The highest BCUT2D eigenvalue weighted by Crippen LogP contribution is 2.23. The zero-order valence-corrected chi connectivity index (χ0v) is 12.0. The molecule has 3 heteroatoms. The maximum Gasteiger partial charge on any atom is 0.124 e. The first-order valence-electron chi connectivity index (χ1n) is 6.27. The lowest BCUT2D eigenvalue weighted by Gasteiger charge is -2.11. The second-order valence-electron chi connectivity index (χ2n) is 4.66. The van der Waals surface area contributed by atoms with Crippen LogP contribution in [0.2, 0.25) is 5.02 Å². The Labute approximate surface area is 119 Å². The van der Waals surface area contributed by atoms with Crippen LogP contribution in [0, 0.1) is 13.8 Å². The van der Waals surface area contributed by atoms with E-state index < -0.39 is 0 Å². The Morgan fingerprint density at radius 1 is 1.05 bits per heavy atom. The lowest BCUT2D eigenvalue weighted by atomic mass is 10.1. The molecule has 19 heavy (non-hydrogen) atoms. The van der Waals surface area contributed by atoms with E-state index >= 15 is 0 Å². The molecule has 0 bridgehead atoms. The van der Waals surface area contributed by atoms with Crippen LogP contribution in [0.4, 0.5) is 0 Å². The van der Waals surface area contributed by atoms with E-state index in [1.165, 1.54) is 11.1 Å². The van der Waals surface area contributed by atoms with Crippen molar-refractivity contribution in [1.82, 2.24) is 0 Å². The van der Waals surface area contributed by atoms with Gasteiger partial charge in [0.1, 0.15) is 12.4 Å². The van der Waals surface area contributed by atoms with Gasteiger partial charge in [-0.05, 0) is 48.7 Å². The summed E-state index contributed by atoms with van der Waals surface area (Å²) in [6, 6.07) is 11.9. The number of aryl methyl sites for hydroxylation is 2. The number of ether oxygens (including phenoxy) is 1. The van der Waals surface area contributed by atoms with Crippen LogP contribution in [0.25, 0.3) is 0 Å². The molecule has 0 amide bonds. The second kappa shape index (κ2) is 6.09. The van der Waals surface area contributed by atoms with E-state index in [1.807, 2.05) is 18.2 Å². The molecule has 0 atom stereocenters. The van der Waals surface area contributed by atoms with Gasteiger partial charge < -0.3 is 10.5 Å². The molecule has 0 aromatic heterocycles. The van der Waals surface area contributed by atoms with Crippen molar-refractivity contribution in [2.45, 2.75) is 27.0 Å². The van der Waals surface area contributed by atoms with E-state index in [4.69, 9.17) is 22.1 Å². The lowest BCUT2D eigenvalue weighted by Crippen LogP contribution is -2.03. The van der Waals surface area contributed by atoms with E-state index in [0.29, 0.717) is 18.2 Å². The van der Waals surface area contributed by atoms with Crippen molar-refractivity contribution in [3.63, 3.8) is 0 Å². The average molecular weight is 276 g/mol. The van der Waals surface area contributed by atoms with Gasteiger partial charge in [0.15, 0.2) is 0 Å². The van der Waals surface area contributed by atoms with E-state index in [-0.39, 0.29) is 0 Å². The summed E-state index contributed by atoms with van der Waals surface area (Å²) in [5, 5.41) is 0.680. The molecule has 2 nitrogen and oxygen atoms in total. The highest BCUT2D eigenvalue weighted by atomic mass is 35.5. The fourth-order valence-electron chi connectivity index (χ4n) is 1.90.